The molecule has 0 amide bonds. The van der Waals surface area contributed by atoms with Crippen LogP contribution in [0.2, 0.25) is 0 Å². The van der Waals surface area contributed by atoms with E-state index in [0.717, 1.165) is 0 Å². The molecule has 1 aliphatic rings. The second-order valence-corrected chi connectivity index (χ2v) is 5.34. The average molecular weight is 312 g/mol. The van der Waals surface area contributed by atoms with Gasteiger partial charge in [0.1, 0.15) is 18.9 Å². The molecule has 122 valence electrons. The van der Waals surface area contributed by atoms with E-state index >= 15 is 0 Å². The fourth-order valence-electron chi connectivity index (χ4n) is 2.29. The van der Waals surface area contributed by atoms with E-state index in [9.17, 15) is 19.5 Å². The Balaban J connectivity index is 2.04. The van der Waals surface area contributed by atoms with Gasteiger partial charge in [-0.1, -0.05) is 6.92 Å². The summed E-state index contributed by atoms with van der Waals surface area (Å²) < 4.78 is 11.8. The van der Waals surface area contributed by atoms with Crippen LogP contribution >= 0.6 is 0 Å². The van der Waals surface area contributed by atoms with Crippen molar-refractivity contribution in [3.05, 3.63) is 32.6 Å². The monoisotopic (exact) mass is 312 g/mol. The number of aryl methyl sites for hydroxylation is 1. The Labute approximate surface area is 126 Å². The predicted octanol–water partition coefficient (Wildman–Crippen LogP) is -0.163. The topological polar surface area (TPSA) is 111 Å². The van der Waals surface area contributed by atoms with Gasteiger partial charge in [0.15, 0.2) is 0 Å². The minimum Gasteiger partial charge on any atom is -0.463 e. The highest BCUT2D eigenvalue weighted by atomic mass is 16.6. The first kappa shape index (κ1) is 16.4. The molecule has 2 rings (SSSR count). The van der Waals surface area contributed by atoms with Crippen molar-refractivity contribution < 1.29 is 19.4 Å². The quantitative estimate of drug-likeness (QED) is 0.731. The third-order valence-corrected chi connectivity index (χ3v) is 3.52. The number of ether oxygens (including phenoxy) is 2. The molecule has 0 aromatic carbocycles. The number of aliphatic hydroxyl groups is 1. The number of rotatable bonds is 5. The summed E-state index contributed by atoms with van der Waals surface area (Å²) in [5, 5.41) is 9.97. The molecule has 0 spiro atoms. The molecule has 0 aliphatic carbocycles. The smallest absolute Gasteiger partial charge is 0.330 e. The van der Waals surface area contributed by atoms with Gasteiger partial charge in [0, 0.05) is 24.6 Å². The van der Waals surface area contributed by atoms with Gasteiger partial charge in [0.25, 0.3) is 5.56 Å². The van der Waals surface area contributed by atoms with Crippen molar-refractivity contribution in [2.24, 2.45) is 0 Å². The number of nitrogens with zero attached hydrogens (tertiary/aromatic N) is 1. The molecule has 0 unspecified atom stereocenters. The summed E-state index contributed by atoms with van der Waals surface area (Å²) >= 11 is 0. The van der Waals surface area contributed by atoms with E-state index in [1.165, 1.54) is 10.8 Å². The van der Waals surface area contributed by atoms with E-state index in [1.54, 1.807) is 6.92 Å². The van der Waals surface area contributed by atoms with E-state index in [2.05, 4.69) is 4.98 Å². The lowest BCUT2D eigenvalue weighted by Gasteiger charge is -2.16. The van der Waals surface area contributed by atoms with Crippen molar-refractivity contribution in [2.45, 2.75) is 51.5 Å². The number of hydrogen-bond donors (Lipinski definition) is 2. The molecule has 1 fully saturated rings. The van der Waals surface area contributed by atoms with Crippen LogP contribution in [-0.2, 0) is 14.3 Å². The number of hydrogen-bond acceptors (Lipinski definition) is 6. The summed E-state index contributed by atoms with van der Waals surface area (Å²) in [6.07, 6.45) is 0.328. The molecule has 1 aromatic rings. The molecule has 1 saturated heterocycles. The van der Waals surface area contributed by atoms with Gasteiger partial charge in [-0.2, -0.15) is 0 Å². The Hall–Kier alpha value is -1.93. The lowest BCUT2D eigenvalue weighted by Crippen LogP contribution is -2.33. The van der Waals surface area contributed by atoms with Crippen LogP contribution in [-0.4, -0.2) is 39.4 Å². The molecular formula is C14H20N2O6. The Morgan fingerprint density at radius 3 is 2.95 bits per heavy atom. The summed E-state index contributed by atoms with van der Waals surface area (Å²) in [7, 11) is 0. The van der Waals surface area contributed by atoms with E-state index < -0.39 is 29.7 Å². The molecule has 22 heavy (non-hydrogen) atoms. The third kappa shape index (κ3) is 3.63. The van der Waals surface area contributed by atoms with Gasteiger partial charge >= 0.3 is 11.7 Å². The molecule has 8 heteroatoms. The largest absolute Gasteiger partial charge is 0.463 e. The van der Waals surface area contributed by atoms with Gasteiger partial charge in [-0.15, -0.1) is 0 Å². The van der Waals surface area contributed by atoms with Gasteiger partial charge in [0.2, 0.25) is 0 Å². The van der Waals surface area contributed by atoms with E-state index in [4.69, 9.17) is 9.47 Å². The number of aromatic nitrogens is 2. The number of aromatic amines is 1. The SMILES string of the molecule is CCCC(=O)OC[C@H]1O[C@@H](n2cc(C)c(=O)[nH]c2=O)C[C@@H]1O. The summed E-state index contributed by atoms with van der Waals surface area (Å²) in [5.74, 6) is -0.348. The third-order valence-electron chi connectivity index (χ3n) is 3.52. The number of esters is 1. The summed E-state index contributed by atoms with van der Waals surface area (Å²) in [4.78, 5) is 36.7. The van der Waals surface area contributed by atoms with Gasteiger partial charge in [-0.3, -0.25) is 19.1 Å². The van der Waals surface area contributed by atoms with Gasteiger partial charge in [-0.25, -0.2) is 4.79 Å². The maximum atomic E-state index is 11.8. The second kappa shape index (κ2) is 6.89. The summed E-state index contributed by atoms with van der Waals surface area (Å²) in [6, 6.07) is 0. The zero-order chi connectivity index (χ0) is 16.3. The zero-order valence-corrected chi connectivity index (χ0v) is 12.6. The van der Waals surface area contributed by atoms with Gasteiger partial charge in [-0.05, 0) is 13.3 Å². The van der Waals surface area contributed by atoms with Crippen LogP contribution in [0.3, 0.4) is 0 Å². The number of H-pyrrole nitrogens is 1. The fourth-order valence-corrected chi connectivity index (χ4v) is 2.29. The lowest BCUT2D eigenvalue weighted by molar-refractivity contribution is -0.150. The van der Waals surface area contributed by atoms with Crippen molar-refractivity contribution in [3.8, 4) is 0 Å². The van der Waals surface area contributed by atoms with Crippen LogP contribution in [0.1, 0.15) is 38.0 Å². The average Bonchev–Trinajstić information content (AvgIpc) is 2.82. The summed E-state index contributed by atoms with van der Waals surface area (Å²) in [6.45, 7) is 3.38. The molecule has 0 radical (unpaired) electrons. The minimum atomic E-state index is -0.849. The first-order chi connectivity index (χ1) is 10.4. The molecule has 2 N–H and O–H groups in total. The van der Waals surface area contributed by atoms with Crippen molar-refractivity contribution in [1.82, 2.24) is 9.55 Å². The maximum absolute atomic E-state index is 11.8. The van der Waals surface area contributed by atoms with Crippen LogP contribution in [0.15, 0.2) is 15.8 Å². The molecule has 1 aliphatic heterocycles. The standard InChI is InChI=1S/C14H20N2O6/c1-3-4-12(18)21-7-10-9(17)5-11(22-10)16-6-8(2)13(19)15-14(16)20/h6,9-11,17H,3-5,7H2,1-2H3,(H,15,19,20)/t9-,10+,11+/m0/s1. The summed E-state index contributed by atoms with van der Waals surface area (Å²) in [5.41, 5.74) is -0.684. The van der Waals surface area contributed by atoms with Gasteiger partial charge < -0.3 is 14.6 Å². The number of nitrogens with one attached hydrogen (secondary N) is 1. The Bertz CT molecular complexity index is 649. The Morgan fingerprint density at radius 1 is 1.55 bits per heavy atom. The van der Waals surface area contributed by atoms with E-state index in [1.807, 2.05) is 6.92 Å². The van der Waals surface area contributed by atoms with Crippen molar-refractivity contribution in [1.29, 1.82) is 0 Å². The number of carbonyl (C=O) groups is 1. The molecule has 2 heterocycles. The second-order valence-electron chi connectivity index (χ2n) is 5.34. The van der Waals surface area contributed by atoms with Crippen LogP contribution < -0.4 is 11.2 Å². The molecule has 1 aromatic heterocycles. The first-order valence-corrected chi connectivity index (χ1v) is 7.23. The van der Waals surface area contributed by atoms with Crippen LogP contribution in [0.4, 0.5) is 0 Å². The number of carbonyl (C=O) groups excluding carboxylic acids is 1. The lowest BCUT2D eigenvalue weighted by atomic mass is 10.2. The molecular weight excluding hydrogens is 292 g/mol. The predicted molar refractivity (Wildman–Crippen MR) is 76.5 cm³/mol. The molecule has 0 saturated carbocycles. The zero-order valence-electron chi connectivity index (χ0n) is 12.6. The van der Waals surface area contributed by atoms with Crippen LogP contribution in [0.5, 0.6) is 0 Å². The highest BCUT2D eigenvalue weighted by molar-refractivity contribution is 5.69. The van der Waals surface area contributed by atoms with Crippen molar-refractivity contribution >= 4 is 5.97 Å². The van der Waals surface area contributed by atoms with Crippen molar-refractivity contribution in [2.75, 3.05) is 6.61 Å². The normalized spacial score (nSPS) is 24.4. The van der Waals surface area contributed by atoms with Crippen LogP contribution in [0.25, 0.3) is 0 Å². The fraction of sp³-hybridized carbons (Fsp3) is 0.643. The Morgan fingerprint density at radius 2 is 2.27 bits per heavy atom. The molecule has 0 bridgehead atoms. The molecule has 8 nitrogen and oxygen atoms in total. The highest BCUT2D eigenvalue weighted by Gasteiger charge is 2.36. The first-order valence-electron chi connectivity index (χ1n) is 7.23. The number of aliphatic hydroxyl groups excluding tert-OH is 1. The van der Waals surface area contributed by atoms with Crippen molar-refractivity contribution in [3.63, 3.8) is 0 Å². The highest BCUT2D eigenvalue weighted by Crippen LogP contribution is 2.27. The van der Waals surface area contributed by atoms with E-state index in [-0.39, 0.29) is 19.0 Å². The van der Waals surface area contributed by atoms with E-state index in [0.29, 0.717) is 18.4 Å². The molecule has 3 atom stereocenters. The van der Waals surface area contributed by atoms with Gasteiger partial charge in [0.05, 0.1) is 6.10 Å². The minimum absolute atomic E-state index is 0.0619. The maximum Gasteiger partial charge on any atom is 0.330 e. The van der Waals surface area contributed by atoms with Crippen LogP contribution in [0, 0.1) is 6.92 Å². The Kier molecular flexibility index (Phi) is 5.15.